The third-order valence-electron chi connectivity index (χ3n) is 6.98. The van der Waals surface area contributed by atoms with E-state index in [2.05, 4.69) is 37.9 Å². The Labute approximate surface area is 234 Å². The predicted octanol–water partition coefficient (Wildman–Crippen LogP) is 4.66. The van der Waals surface area contributed by atoms with E-state index >= 15 is 0 Å². The molecule has 40 heavy (non-hydrogen) atoms. The van der Waals surface area contributed by atoms with Crippen molar-refractivity contribution in [3.05, 3.63) is 41.6 Å². The molecule has 1 aliphatic carbocycles. The summed E-state index contributed by atoms with van der Waals surface area (Å²) in [6, 6.07) is 6.69. The van der Waals surface area contributed by atoms with Crippen LogP contribution < -0.4 is 16.0 Å². The minimum Gasteiger partial charge on any atom is -0.372 e. The molecular weight excluding hydrogens is 523 g/mol. The molecule has 1 aromatic heterocycles. The number of likely N-dealkylation sites (N-methyl/N-ethyl adjacent to an activating group) is 1. The highest BCUT2D eigenvalue weighted by atomic mass is 19.4. The molecule has 1 saturated heterocycles. The van der Waals surface area contributed by atoms with Crippen LogP contribution in [0.15, 0.2) is 30.5 Å². The Balaban J connectivity index is 0.000000391. The molecule has 0 unspecified atom stereocenters. The molecule has 222 valence electrons. The largest absolute Gasteiger partial charge is 0.421 e. The second kappa shape index (κ2) is 16.8. The van der Waals surface area contributed by atoms with Gasteiger partial charge in [-0.15, -0.1) is 0 Å². The van der Waals surface area contributed by atoms with Crippen LogP contribution in [0.5, 0.6) is 0 Å². The summed E-state index contributed by atoms with van der Waals surface area (Å²) in [6.45, 7) is 6.28. The van der Waals surface area contributed by atoms with Crippen molar-refractivity contribution in [3.8, 4) is 0 Å². The van der Waals surface area contributed by atoms with Crippen molar-refractivity contribution < 1.29 is 22.8 Å². The maximum absolute atomic E-state index is 12.9. The molecule has 12 heteroatoms. The highest BCUT2D eigenvalue weighted by Gasteiger charge is 2.35. The van der Waals surface area contributed by atoms with Gasteiger partial charge in [0.25, 0.3) is 5.91 Å². The van der Waals surface area contributed by atoms with E-state index in [1.54, 1.807) is 29.2 Å². The molecule has 9 nitrogen and oxygen atoms in total. The van der Waals surface area contributed by atoms with E-state index in [1.807, 2.05) is 13.8 Å². The van der Waals surface area contributed by atoms with Crippen molar-refractivity contribution in [1.82, 2.24) is 25.1 Å². The quantitative estimate of drug-likeness (QED) is 0.435. The molecule has 2 fully saturated rings. The lowest BCUT2D eigenvalue weighted by Gasteiger charge is -2.32. The lowest BCUT2D eigenvalue weighted by atomic mass is 10.0. The van der Waals surface area contributed by atoms with E-state index in [1.165, 1.54) is 52.1 Å². The Morgan fingerprint density at radius 3 is 2.12 bits per heavy atom. The number of alkyl halides is 3. The molecule has 0 radical (unpaired) electrons. The van der Waals surface area contributed by atoms with Gasteiger partial charge in [0.2, 0.25) is 5.95 Å². The third-order valence-corrected chi connectivity index (χ3v) is 6.98. The second-order valence-electron chi connectivity index (χ2n) is 9.92. The van der Waals surface area contributed by atoms with Gasteiger partial charge < -0.3 is 30.5 Å². The van der Waals surface area contributed by atoms with E-state index in [9.17, 15) is 18.0 Å². The van der Waals surface area contributed by atoms with Crippen molar-refractivity contribution in [2.24, 2.45) is 5.92 Å². The zero-order valence-corrected chi connectivity index (χ0v) is 23.7. The number of carbonyl (C=O) groups excluding carboxylic acids is 2. The zero-order valence-electron chi connectivity index (χ0n) is 23.7. The number of aromatic nitrogens is 2. The fourth-order valence-corrected chi connectivity index (χ4v) is 4.71. The summed E-state index contributed by atoms with van der Waals surface area (Å²) in [5, 5.41) is 8.54. The number of hydrogen-bond donors (Lipinski definition) is 3. The summed E-state index contributed by atoms with van der Waals surface area (Å²) in [6.07, 6.45) is 4.98. The highest BCUT2D eigenvalue weighted by molar-refractivity contribution is 5.94. The Bertz CT molecular complexity index is 1020. The van der Waals surface area contributed by atoms with Crippen LogP contribution in [0, 0.1) is 5.92 Å². The first-order valence-electron chi connectivity index (χ1n) is 13.6. The molecule has 1 aliphatic heterocycles. The van der Waals surface area contributed by atoms with Crippen LogP contribution in [0.1, 0.15) is 54.4 Å². The van der Waals surface area contributed by atoms with Gasteiger partial charge in [-0.3, -0.25) is 4.79 Å². The Kier molecular flexibility index (Phi) is 13.8. The standard InChI is InChI=1S/C18H21F3N6O.C9H19N.CH2O/c1-22-15-14(18(19,20)21)11-23-17(25-15)24-13-5-3-12(4-6-13)16(28)27-9-7-26(2)8-10-27;1-10-8-9-6-4-2-3-5-7-9;1-2/h3-6,11H,7-10H2,1-2H3,(H2,22,23,24,25);9-10H,2-8H2,1H3;1H2. The van der Waals surface area contributed by atoms with Gasteiger partial charge in [-0.2, -0.15) is 18.2 Å². The number of hydrogen-bond acceptors (Lipinski definition) is 8. The van der Waals surface area contributed by atoms with Crippen LogP contribution in [0.3, 0.4) is 0 Å². The lowest BCUT2D eigenvalue weighted by Crippen LogP contribution is -2.47. The molecule has 3 N–H and O–H groups in total. The SMILES string of the molecule is C=O.CNCC1CCCCCC1.CNc1nc(Nc2ccc(C(=O)N3CCN(C)CC3)cc2)ncc1C(F)(F)F. The third kappa shape index (κ3) is 10.4. The minimum absolute atomic E-state index is 0.0236. The topological polar surface area (TPSA) is 102 Å². The number of rotatable bonds is 6. The molecule has 1 saturated carbocycles. The number of amides is 1. The van der Waals surface area contributed by atoms with E-state index in [0.29, 0.717) is 24.3 Å². The number of benzene rings is 1. The van der Waals surface area contributed by atoms with Crippen molar-refractivity contribution in [1.29, 1.82) is 0 Å². The Morgan fingerprint density at radius 2 is 1.60 bits per heavy atom. The number of piperazine rings is 1. The fourth-order valence-electron chi connectivity index (χ4n) is 4.71. The molecule has 1 aromatic carbocycles. The first kappa shape index (κ1) is 33.0. The molecule has 1 amide bonds. The molecule has 2 aromatic rings. The number of nitrogens with one attached hydrogen (secondary N) is 3. The summed E-state index contributed by atoms with van der Waals surface area (Å²) in [5.41, 5.74) is 0.185. The maximum Gasteiger partial charge on any atom is 0.421 e. The van der Waals surface area contributed by atoms with Gasteiger partial charge in [0.05, 0.1) is 0 Å². The summed E-state index contributed by atoms with van der Waals surface area (Å²) in [4.78, 5) is 32.1. The van der Waals surface area contributed by atoms with Crippen molar-refractivity contribution in [3.63, 3.8) is 0 Å². The van der Waals surface area contributed by atoms with Crippen LogP contribution in [0.25, 0.3) is 0 Å². The number of carbonyl (C=O) groups is 2. The first-order chi connectivity index (χ1) is 19.2. The summed E-state index contributed by atoms with van der Waals surface area (Å²) in [5.74, 6) is 0.651. The first-order valence-corrected chi connectivity index (χ1v) is 13.6. The van der Waals surface area contributed by atoms with Gasteiger partial charge in [0.15, 0.2) is 0 Å². The number of halogens is 3. The van der Waals surface area contributed by atoms with Gasteiger partial charge in [0, 0.05) is 50.7 Å². The summed E-state index contributed by atoms with van der Waals surface area (Å²) >= 11 is 0. The normalized spacial score (nSPS) is 16.5. The smallest absolute Gasteiger partial charge is 0.372 e. The fraction of sp³-hybridized carbons (Fsp3) is 0.571. The van der Waals surface area contributed by atoms with Crippen molar-refractivity contribution in [2.75, 3.05) is 64.5 Å². The van der Waals surface area contributed by atoms with E-state index < -0.39 is 11.7 Å². The van der Waals surface area contributed by atoms with Gasteiger partial charge in [0.1, 0.15) is 18.2 Å². The molecule has 0 bridgehead atoms. The second-order valence-corrected chi connectivity index (χ2v) is 9.92. The molecule has 2 aliphatic rings. The van der Waals surface area contributed by atoms with Crippen molar-refractivity contribution in [2.45, 2.75) is 44.7 Å². The molecule has 0 spiro atoms. The van der Waals surface area contributed by atoms with Gasteiger partial charge >= 0.3 is 6.18 Å². The Morgan fingerprint density at radius 1 is 1.00 bits per heavy atom. The van der Waals surface area contributed by atoms with Gasteiger partial charge in [-0.1, -0.05) is 25.7 Å². The van der Waals surface area contributed by atoms with Crippen molar-refractivity contribution >= 4 is 30.1 Å². The minimum atomic E-state index is -4.54. The predicted molar refractivity (Wildman–Crippen MR) is 152 cm³/mol. The monoisotopic (exact) mass is 565 g/mol. The van der Waals surface area contributed by atoms with E-state index in [-0.39, 0.29) is 17.7 Å². The average Bonchev–Trinajstić information content (AvgIpc) is 3.23. The number of anilines is 3. The zero-order chi connectivity index (χ0) is 29.5. The molecule has 2 heterocycles. The van der Waals surface area contributed by atoms with Gasteiger partial charge in [-0.05, 0) is 63.7 Å². The van der Waals surface area contributed by atoms with E-state index in [4.69, 9.17) is 4.79 Å². The summed E-state index contributed by atoms with van der Waals surface area (Å²) in [7, 11) is 5.44. The van der Waals surface area contributed by atoms with Crippen LogP contribution in [0.2, 0.25) is 0 Å². The van der Waals surface area contributed by atoms with Crippen LogP contribution in [-0.4, -0.2) is 86.3 Å². The molecule has 4 rings (SSSR count). The molecule has 0 atom stereocenters. The summed E-state index contributed by atoms with van der Waals surface area (Å²) < 4.78 is 38.7. The highest BCUT2D eigenvalue weighted by Crippen LogP contribution is 2.33. The average molecular weight is 566 g/mol. The van der Waals surface area contributed by atoms with Crippen LogP contribution in [0.4, 0.5) is 30.6 Å². The Hall–Kier alpha value is -3.25. The molecular formula is C28H42F3N7O2. The maximum atomic E-state index is 12.9. The number of nitrogens with zero attached hydrogens (tertiary/aromatic N) is 4. The van der Waals surface area contributed by atoms with Crippen LogP contribution >= 0.6 is 0 Å². The van der Waals surface area contributed by atoms with E-state index in [0.717, 1.165) is 25.2 Å². The van der Waals surface area contributed by atoms with Crippen LogP contribution in [-0.2, 0) is 11.0 Å². The van der Waals surface area contributed by atoms with Gasteiger partial charge in [-0.25, -0.2) is 4.98 Å². The lowest BCUT2D eigenvalue weighted by molar-refractivity contribution is -0.137.